The molecule has 4 saturated carbocycles. The first-order valence-electron chi connectivity index (χ1n) is 9.88. The minimum Gasteiger partial charge on any atom is -0.300 e. The Kier molecular flexibility index (Phi) is 3.56. The van der Waals surface area contributed by atoms with Gasteiger partial charge in [-0.15, -0.1) is 0 Å². The Labute approximate surface area is 140 Å². The second-order valence-corrected chi connectivity index (χ2v) is 9.68. The summed E-state index contributed by atoms with van der Waals surface area (Å²) in [5.41, 5.74) is 0.660. The average molecular weight is 316 g/mol. The van der Waals surface area contributed by atoms with Crippen molar-refractivity contribution in [3.63, 3.8) is 0 Å². The Balaban J connectivity index is 1.63. The smallest absolute Gasteiger partial charge is 0.133 e. The van der Waals surface area contributed by atoms with Gasteiger partial charge in [-0.2, -0.15) is 0 Å². The molecule has 0 unspecified atom stereocenters. The highest BCUT2D eigenvalue weighted by atomic mass is 16.1. The van der Waals surface area contributed by atoms with Crippen LogP contribution in [-0.4, -0.2) is 11.6 Å². The molecule has 2 nitrogen and oxygen atoms in total. The third kappa shape index (κ3) is 2.12. The van der Waals surface area contributed by atoms with Crippen molar-refractivity contribution < 1.29 is 9.59 Å². The Hall–Kier alpha value is -0.660. The van der Waals surface area contributed by atoms with Crippen LogP contribution in [0.1, 0.15) is 78.6 Å². The van der Waals surface area contributed by atoms with E-state index in [0.717, 1.165) is 43.4 Å². The zero-order valence-electron chi connectivity index (χ0n) is 15.1. The standard InChI is InChI=1S/C21H32O2/c1-13(22)17-6-7-18-16-5-4-14-12-15(23)8-10-20(14,2)19(16)9-11-21(17,18)3/h14,16-19H,4-12H2,1-3H3/t14-,16-,17+,18-,19+,20+,21+/m0/s1. The molecule has 0 bridgehead atoms. The predicted octanol–water partition coefficient (Wildman–Crippen LogP) is 4.80. The minimum atomic E-state index is 0.265. The molecule has 0 aliphatic heterocycles. The first-order valence-corrected chi connectivity index (χ1v) is 9.88. The van der Waals surface area contributed by atoms with E-state index in [1.807, 2.05) is 6.92 Å². The molecule has 0 amide bonds. The number of carbonyl (C=O) groups is 2. The molecule has 0 N–H and O–H groups in total. The van der Waals surface area contributed by atoms with Crippen molar-refractivity contribution >= 4 is 11.6 Å². The summed E-state index contributed by atoms with van der Waals surface area (Å²) in [7, 11) is 0. The van der Waals surface area contributed by atoms with Gasteiger partial charge in [-0.25, -0.2) is 0 Å². The Morgan fingerprint density at radius 1 is 0.957 bits per heavy atom. The third-order valence-electron chi connectivity index (χ3n) is 8.97. The highest BCUT2D eigenvalue weighted by Gasteiger charge is 2.60. The fourth-order valence-corrected chi connectivity index (χ4v) is 7.71. The van der Waals surface area contributed by atoms with Crippen molar-refractivity contribution in [3.05, 3.63) is 0 Å². The Morgan fingerprint density at radius 2 is 1.70 bits per heavy atom. The molecule has 7 atom stereocenters. The molecule has 0 spiro atoms. The molecular weight excluding hydrogens is 284 g/mol. The van der Waals surface area contributed by atoms with Crippen LogP contribution in [0.2, 0.25) is 0 Å². The molecule has 4 aliphatic carbocycles. The maximum atomic E-state index is 12.2. The van der Waals surface area contributed by atoms with Gasteiger partial charge in [0, 0.05) is 18.8 Å². The number of rotatable bonds is 1. The highest BCUT2D eigenvalue weighted by Crippen LogP contribution is 2.67. The van der Waals surface area contributed by atoms with Gasteiger partial charge in [0.1, 0.15) is 11.6 Å². The summed E-state index contributed by atoms with van der Waals surface area (Å²) in [5, 5.41) is 0. The predicted molar refractivity (Wildman–Crippen MR) is 90.9 cm³/mol. The molecule has 128 valence electrons. The van der Waals surface area contributed by atoms with E-state index in [4.69, 9.17) is 0 Å². The summed E-state index contributed by atoms with van der Waals surface area (Å²) in [6.07, 6.45) is 10.3. The topological polar surface area (TPSA) is 34.1 Å². The van der Waals surface area contributed by atoms with Crippen LogP contribution < -0.4 is 0 Å². The number of Topliss-reactive ketones (excluding diaryl/α,β-unsaturated/α-hetero) is 2. The van der Waals surface area contributed by atoms with Gasteiger partial charge in [-0.3, -0.25) is 9.59 Å². The van der Waals surface area contributed by atoms with Gasteiger partial charge in [0.25, 0.3) is 0 Å². The zero-order chi connectivity index (χ0) is 16.4. The first-order chi connectivity index (χ1) is 10.9. The molecule has 0 heterocycles. The highest BCUT2D eigenvalue weighted by molar-refractivity contribution is 5.80. The van der Waals surface area contributed by atoms with Crippen molar-refractivity contribution in [2.24, 2.45) is 40.4 Å². The lowest BCUT2D eigenvalue weighted by Gasteiger charge is -2.60. The average Bonchev–Trinajstić information content (AvgIpc) is 2.85. The number of fused-ring (bicyclic) bond motifs is 5. The molecule has 4 aliphatic rings. The van der Waals surface area contributed by atoms with Crippen molar-refractivity contribution in [3.8, 4) is 0 Å². The molecular formula is C21H32O2. The molecule has 0 radical (unpaired) electrons. The number of hydrogen-bond donors (Lipinski definition) is 0. The van der Waals surface area contributed by atoms with E-state index in [1.54, 1.807) is 0 Å². The van der Waals surface area contributed by atoms with Crippen molar-refractivity contribution in [1.82, 2.24) is 0 Å². The number of carbonyl (C=O) groups excluding carboxylic acids is 2. The van der Waals surface area contributed by atoms with Crippen molar-refractivity contribution in [2.75, 3.05) is 0 Å². The molecule has 23 heavy (non-hydrogen) atoms. The van der Waals surface area contributed by atoms with E-state index in [9.17, 15) is 9.59 Å². The van der Waals surface area contributed by atoms with E-state index in [0.29, 0.717) is 28.8 Å². The van der Waals surface area contributed by atoms with E-state index < -0.39 is 0 Å². The van der Waals surface area contributed by atoms with Crippen LogP contribution in [0.5, 0.6) is 0 Å². The van der Waals surface area contributed by atoms with Crippen LogP contribution in [0.25, 0.3) is 0 Å². The number of ketones is 2. The molecule has 2 heteroatoms. The van der Waals surface area contributed by atoms with Gasteiger partial charge in [-0.1, -0.05) is 13.8 Å². The van der Waals surface area contributed by atoms with Gasteiger partial charge in [0.15, 0.2) is 0 Å². The first kappa shape index (κ1) is 15.8. The second-order valence-electron chi connectivity index (χ2n) is 9.68. The van der Waals surface area contributed by atoms with Gasteiger partial charge >= 0.3 is 0 Å². The van der Waals surface area contributed by atoms with Crippen LogP contribution in [-0.2, 0) is 9.59 Å². The quantitative estimate of drug-likeness (QED) is 0.696. The van der Waals surface area contributed by atoms with E-state index >= 15 is 0 Å². The monoisotopic (exact) mass is 316 g/mol. The van der Waals surface area contributed by atoms with E-state index in [1.165, 1.54) is 32.1 Å². The lowest BCUT2D eigenvalue weighted by Crippen LogP contribution is -2.53. The zero-order valence-corrected chi connectivity index (χ0v) is 15.1. The fourth-order valence-electron chi connectivity index (χ4n) is 7.71. The van der Waals surface area contributed by atoms with Gasteiger partial charge in [-0.05, 0) is 86.4 Å². The largest absolute Gasteiger partial charge is 0.300 e. The third-order valence-corrected chi connectivity index (χ3v) is 8.97. The maximum absolute atomic E-state index is 12.2. The van der Waals surface area contributed by atoms with Gasteiger partial charge in [0.05, 0.1) is 0 Å². The summed E-state index contributed by atoms with van der Waals surface area (Å²) >= 11 is 0. The Bertz CT molecular complexity index is 538. The summed E-state index contributed by atoms with van der Waals surface area (Å²) in [6.45, 7) is 6.74. The summed E-state index contributed by atoms with van der Waals surface area (Å²) in [4.78, 5) is 24.1. The summed E-state index contributed by atoms with van der Waals surface area (Å²) in [6, 6.07) is 0. The van der Waals surface area contributed by atoms with Crippen LogP contribution >= 0.6 is 0 Å². The van der Waals surface area contributed by atoms with Crippen molar-refractivity contribution in [1.29, 1.82) is 0 Å². The van der Waals surface area contributed by atoms with Gasteiger partial charge < -0.3 is 0 Å². The molecule has 0 saturated heterocycles. The number of hydrogen-bond acceptors (Lipinski definition) is 2. The second kappa shape index (κ2) is 5.17. The van der Waals surface area contributed by atoms with Crippen LogP contribution in [0.15, 0.2) is 0 Å². The van der Waals surface area contributed by atoms with E-state index in [2.05, 4.69) is 13.8 Å². The SMILES string of the molecule is CC(=O)[C@H]1CC[C@H]2[C@@H]3CC[C@H]4CC(=O)CC[C@@]4(C)[C@@H]3CC[C@]12C. The summed E-state index contributed by atoms with van der Waals surface area (Å²) < 4.78 is 0. The molecule has 0 aromatic heterocycles. The van der Waals surface area contributed by atoms with Crippen LogP contribution in [0.3, 0.4) is 0 Å². The normalized spacial score (nSPS) is 52.5. The van der Waals surface area contributed by atoms with E-state index in [-0.39, 0.29) is 5.41 Å². The summed E-state index contributed by atoms with van der Waals surface area (Å²) in [5.74, 6) is 4.25. The van der Waals surface area contributed by atoms with Gasteiger partial charge in [0.2, 0.25) is 0 Å². The molecule has 0 aromatic rings. The minimum absolute atomic E-state index is 0.265. The lowest BCUT2D eigenvalue weighted by molar-refractivity contribution is -0.143. The van der Waals surface area contributed by atoms with Crippen molar-refractivity contribution in [2.45, 2.75) is 78.6 Å². The maximum Gasteiger partial charge on any atom is 0.133 e. The lowest BCUT2D eigenvalue weighted by atomic mass is 9.44. The molecule has 4 fully saturated rings. The fraction of sp³-hybridized carbons (Fsp3) is 0.905. The van der Waals surface area contributed by atoms with Crippen LogP contribution in [0, 0.1) is 40.4 Å². The molecule has 0 aromatic carbocycles. The van der Waals surface area contributed by atoms with Crippen LogP contribution in [0.4, 0.5) is 0 Å². The Morgan fingerprint density at radius 3 is 2.43 bits per heavy atom. The molecule has 4 rings (SSSR count).